The highest BCUT2D eigenvalue weighted by molar-refractivity contribution is 14.1. The van der Waals surface area contributed by atoms with E-state index in [-0.39, 0.29) is 0 Å². The largest absolute Gasteiger partial charge is 0.239 e. The van der Waals surface area contributed by atoms with Crippen LogP contribution in [-0.2, 0) is 13.0 Å². The number of hydrogen-bond acceptors (Lipinski definition) is 2. The van der Waals surface area contributed by atoms with E-state index in [2.05, 4.69) is 53.7 Å². The molecule has 3 nitrogen and oxygen atoms in total. The van der Waals surface area contributed by atoms with Gasteiger partial charge in [-0.15, -0.1) is 5.10 Å². The molecule has 0 amide bonds. The first-order valence-electron chi connectivity index (χ1n) is 5.23. The van der Waals surface area contributed by atoms with Gasteiger partial charge in [-0.05, 0) is 41.4 Å². The highest BCUT2D eigenvalue weighted by atomic mass is 127. The Kier molecular flexibility index (Phi) is 4.84. The minimum Gasteiger partial charge on any atom is -0.239 e. The van der Waals surface area contributed by atoms with E-state index in [1.807, 2.05) is 4.68 Å². The number of nitrogens with zero attached hydrogens (tertiary/aromatic N) is 3. The lowest BCUT2D eigenvalue weighted by Crippen LogP contribution is -2.03. The third-order valence-corrected chi connectivity index (χ3v) is 3.24. The number of hydrogen-bond donors (Lipinski definition) is 0. The smallest absolute Gasteiger partial charge is 0.122 e. The van der Waals surface area contributed by atoms with Crippen LogP contribution in [0.1, 0.15) is 39.3 Å². The molecule has 14 heavy (non-hydrogen) atoms. The maximum atomic E-state index is 4.21. The molecular formula is C10H18IN3. The van der Waals surface area contributed by atoms with Crippen molar-refractivity contribution < 1.29 is 0 Å². The molecule has 0 fully saturated rings. The molecule has 0 N–H and O–H groups in total. The first kappa shape index (κ1) is 11.9. The predicted molar refractivity (Wildman–Crippen MR) is 66.2 cm³/mol. The van der Waals surface area contributed by atoms with E-state index in [0.717, 1.165) is 18.7 Å². The van der Waals surface area contributed by atoms with Crippen molar-refractivity contribution >= 4 is 22.6 Å². The summed E-state index contributed by atoms with van der Waals surface area (Å²) in [6.07, 6.45) is 3.42. The van der Waals surface area contributed by atoms with Crippen LogP contribution in [0.15, 0.2) is 0 Å². The second-order valence-electron chi connectivity index (χ2n) is 4.00. The van der Waals surface area contributed by atoms with Crippen molar-refractivity contribution in [1.82, 2.24) is 15.0 Å². The second-order valence-corrected chi connectivity index (χ2v) is 5.02. The zero-order valence-electron chi connectivity index (χ0n) is 9.13. The second kappa shape index (κ2) is 5.68. The molecule has 0 saturated heterocycles. The predicted octanol–water partition coefficient (Wildman–Crippen LogP) is 2.88. The van der Waals surface area contributed by atoms with Gasteiger partial charge in [0.1, 0.15) is 3.70 Å². The molecule has 1 aromatic rings. The van der Waals surface area contributed by atoms with Crippen molar-refractivity contribution in [3.05, 3.63) is 9.39 Å². The molecule has 80 valence electrons. The van der Waals surface area contributed by atoms with Crippen LogP contribution >= 0.6 is 22.6 Å². The van der Waals surface area contributed by atoms with Gasteiger partial charge in [0.25, 0.3) is 0 Å². The fourth-order valence-electron chi connectivity index (χ4n) is 1.30. The Labute approximate surface area is 99.4 Å². The molecule has 0 aliphatic carbocycles. The van der Waals surface area contributed by atoms with Crippen LogP contribution in [0.2, 0.25) is 0 Å². The Hall–Kier alpha value is -0.130. The van der Waals surface area contributed by atoms with Gasteiger partial charge in [0.05, 0.1) is 5.69 Å². The van der Waals surface area contributed by atoms with E-state index < -0.39 is 0 Å². The molecule has 0 aliphatic heterocycles. The molecule has 0 saturated carbocycles. The molecule has 0 aliphatic rings. The van der Waals surface area contributed by atoms with Crippen molar-refractivity contribution in [2.24, 2.45) is 5.92 Å². The van der Waals surface area contributed by atoms with Gasteiger partial charge in [-0.1, -0.05) is 32.4 Å². The average molecular weight is 307 g/mol. The maximum Gasteiger partial charge on any atom is 0.122 e. The minimum atomic E-state index is 0.653. The molecule has 0 radical (unpaired) electrons. The number of aromatic nitrogens is 3. The normalized spacial score (nSPS) is 11.2. The van der Waals surface area contributed by atoms with Crippen molar-refractivity contribution in [3.8, 4) is 0 Å². The van der Waals surface area contributed by atoms with Gasteiger partial charge in [0, 0.05) is 6.54 Å². The highest BCUT2D eigenvalue weighted by Gasteiger charge is 2.10. The van der Waals surface area contributed by atoms with Gasteiger partial charge < -0.3 is 0 Å². The zero-order chi connectivity index (χ0) is 10.6. The first-order chi connectivity index (χ1) is 6.65. The van der Waals surface area contributed by atoms with Crippen LogP contribution in [-0.4, -0.2) is 15.0 Å². The van der Waals surface area contributed by atoms with Crippen molar-refractivity contribution in [1.29, 1.82) is 0 Å². The molecule has 0 aromatic carbocycles. The van der Waals surface area contributed by atoms with Gasteiger partial charge in [-0.3, -0.25) is 0 Å². The first-order valence-corrected chi connectivity index (χ1v) is 6.30. The lowest BCUT2D eigenvalue weighted by Gasteiger charge is -2.02. The third kappa shape index (κ3) is 3.22. The topological polar surface area (TPSA) is 30.7 Å². The fraction of sp³-hybridized carbons (Fsp3) is 0.800. The molecule has 0 spiro atoms. The van der Waals surface area contributed by atoms with Gasteiger partial charge in [0.15, 0.2) is 0 Å². The number of aryl methyl sites for hydroxylation is 1. The van der Waals surface area contributed by atoms with Crippen molar-refractivity contribution in [2.75, 3.05) is 0 Å². The summed E-state index contributed by atoms with van der Waals surface area (Å²) in [5.74, 6) is 0.653. The SMILES string of the molecule is CCCCn1nnc(CC(C)C)c1I. The number of unbranched alkanes of at least 4 members (excludes halogenated alkanes) is 1. The fourth-order valence-corrected chi connectivity index (χ4v) is 1.97. The molecule has 4 heteroatoms. The van der Waals surface area contributed by atoms with Crippen LogP contribution in [0, 0.1) is 9.62 Å². The van der Waals surface area contributed by atoms with E-state index in [9.17, 15) is 0 Å². The van der Waals surface area contributed by atoms with E-state index >= 15 is 0 Å². The lowest BCUT2D eigenvalue weighted by atomic mass is 10.1. The molecule has 1 aromatic heterocycles. The summed E-state index contributed by atoms with van der Waals surface area (Å²) < 4.78 is 3.23. The highest BCUT2D eigenvalue weighted by Crippen LogP contribution is 2.13. The van der Waals surface area contributed by atoms with E-state index in [1.165, 1.54) is 16.5 Å². The zero-order valence-corrected chi connectivity index (χ0v) is 11.3. The molecule has 0 atom stereocenters. The number of rotatable bonds is 5. The third-order valence-electron chi connectivity index (χ3n) is 2.06. The van der Waals surface area contributed by atoms with Gasteiger partial charge in [-0.25, -0.2) is 4.68 Å². The van der Waals surface area contributed by atoms with E-state index in [4.69, 9.17) is 0 Å². The summed E-state index contributed by atoms with van der Waals surface area (Å²) in [5.41, 5.74) is 1.15. The van der Waals surface area contributed by atoms with Crippen LogP contribution in [0.25, 0.3) is 0 Å². The Balaban J connectivity index is 2.65. The van der Waals surface area contributed by atoms with Gasteiger partial charge in [-0.2, -0.15) is 0 Å². The van der Waals surface area contributed by atoms with E-state index in [0.29, 0.717) is 5.92 Å². The minimum absolute atomic E-state index is 0.653. The van der Waals surface area contributed by atoms with Gasteiger partial charge >= 0.3 is 0 Å². The average Bonchev–Trinajstić information content (AvgIpc) is 2.45. The molecule has 0 bridgehead atoms. The maximum absolute atomic E-state index is 4.21. The number of halogens is 1. The molecule has 1 rings (SSSR count). The van der Waals surface area contributed by atoms with Crippen LogP contribution in [0.5, 0.6) is 0 Å². The van der Waals surface area contributed by atoms with Crippen LogP contribution in [0.3, 0.4) is 0 Å². The van der Waals surface area contributed by atoms with E-state index in [1.54, 1.807) is 0 Å². The van der Waals surface area contributed by atoms with Crippen molar-refractivity contribution in [3.63, 3.8) is 0 Å². The van der Waals surface area contributed by atoms with Crippen LogP contribution < -0.4 is 0 Å². The quantitative estimate of drug-likeness (QED) is 0.783. The van der Waals surface area contributed by atoms with Gasteiger partial charge in [0.2, 0.25) is 0 Å². The Bertz CT molecular complexity index is 281. The monoisotopic (exact) mass is 307 g/mol. The van der Waals surface area contributed by atoms with Crippen molar-refractivity contribution in [2.45, 2.75) is 46.6 Å². The standard InChI is InChI=1S/C10H18IN3/c1-4-5-6-14-10(11)9(12-13-14)7-8(2)3/h8H,4-7H2,1-3H3. The Morgan fingerprint density at radius 1 is 1.43 bits per heavy atom. The van der Waals surface area contributed by atoms with Crippen LogP contribution in [0.4, 0.5) is 0 Å². The Morgan fingerprint density at radius 3 is 2.71 bits per heavy atom. The molecule has 0 unspecified atom stereocenters. The summed E-state index contributed by atoms with van der Waals surface area (Å²) >= 11 is 2.35. The summed E-state index contributed by atoms with van der Waals surface area (Å²) in [5, 5.41) is 8.38. The molecular weight excluding hydrogens is 289 g/mol. The lowest BCUT2D eigenvalue weighted by molar-refractivity contribution is 0.543. The summed E-state index contributed by atoms with van der Waals surface area (Å²) in [6.45, 7) is 7.61. The summed E-state index contributed by atoms with van der Waals surface area (Å²) in [7, 11) is 0. The Morgan fingerprint density at radius 2 is 2.14 bits per heavy atom. The summed E-state index contributed by atoms with van der Waals surface area (Å²) in [4.78, 5) is 0. The summed E-state index contributed by atoms with van der Waals surface area (Å²) in [6, 6.07) is 0. The molecule has 1 heterocycles.